The number of aromatic nitrogens is 2. The van der Waals surface area contributed by atoms with E-state index in [1.54, 1.807) is 0 Å². The standard InChI is InChI=1S/C31H42N6/c1-35(2)29-8-4-3-7-26(29)24-13-18-37(19-14-24)31-27-21-23(22-32-15-20-36-16-5-6-17-36)9-12-28(27)33-30(34-31)25-10-11-25/h3-4,7-9,12,21,24-25,32H,5-6,10-11,13-20,22H2,1-2H3. The van der Waals surface area contributed by atoms with Gasteiger partial charge >= 0.3 is 0 Å². The number of likely N-dealkylation sites (tertiary alicyclic amines) is 1. The van der Waals surface area contributed by atoms with Gasteiger partial charge < -0.3 is 20.0 Å². The lowest BCUT2D eigenvalue weighted by Crippen LogP contribution is -2.34. The second kappa shape index (κ2) is 11.0. The smallest absolute Gasteiger partial charge is 0.140 e. The third-order valence-corrected chi connectivity index (χ3v) is 8.49. The quantitative estimate of drug-likeness (QED) is 0.412. The molecule has 6 nitrogen and oxygen atoms in total. The summed E-state index contributed by atoms with van der Waals surface area (Å²) in [5.74, 6) is 3.37. The summed E-state index contributed by atoms with van der Waals surface area (Å²) in [6.45, 7) is 7.71. The zero-order valence-electron chi connectivity index (χ0n) is 22.6. The van der Waals surface area contributed by atoms with E-state index in [1.807, 2.05) is 0 Å². The molecule has 0 bridgehead atoms. The first-order chi connectivity index (χ1) is 18.2. The van der Waals surface area contributed by atoms with E-state index in [0.717, 1.165) is 62.7 Å². The average Bonchev–Trinajstić information content (AvgIpc) is 3.66. The fourth-order valence-electron chi connectivity index (χ4n) is 6.17. The van der Waals surface area contributed by atoms with Crippen molar-refractivity contribution >= 4 is 22.4 Å². The highest BCUT2D eigenvalue weighted by molar-refractivity contribution is 5.90. The van der Waals surface area contributed by atoms with Crippen molar-refractivity contribution in [2.24, 2.45) is 0 Å². The summed E-state index contributed by atoms with van der Waals surface area (Å²) < 4.78 is 0. The summed E-state index contributed by atoms with van der Waals surface area (Å²) >= 11 is 0. The predicted octanol–water partition coefficient (Wildman–Crippen LogP) is 5.14. The Hall–Kier alpha value is -2.70. The molecule has 2 saturated heterocycles. The zero-order valence-corrected chi connectivity index (χ0v) is 22.6. The molecule has 0 radical (unpaired) electrons. The van der Waals surface area contributed by atoms with Crippen molar-refractivity contribution in [3.05, 3.63) is 59.4 Å². The maximum atomic E-state index is 5.20. The SMILES string of the molecule is CN(C)c1ccccc1C1CCN(c2nc(C3CC3)nc3ccc(CNCCN4CCCC4)cc23)CC1. The van der Waals surface area contributed by atoms with Crippen LogP contribution in [0.15, 0.2) is 42.5 Å². The topological polar surface area (TPSA) is 47.5 Å². The van der Waals surface area contributed by atoms with Gasteiger partial charge in [0.2, 0.25) is 0 Å². The van der Waals surface area contributed by atoms with Gasteiger partial charge in [0.15, 0.2) is 0 Å². The van der Waals surface area contributed by atoms with Gasteiger partial charge in [0, 0.05) is 63.8 Å². The van der Waals surface area contributed by atoms with Gasteiger partial charge in [0.05, 0.1) is 5.52 Å². The van der Waals surface area contributed by atoms with Crippen molar-refractivity contribution in [2.75, 3.05) is 63.2 Å². The lowest BCUT2D eigenvalue weighted by Gasteiger charge is -2.35. The van der Waals surface area contributed by atoms with Gasteiger partial charge in [-0.1, -0.05) is 24.3 Å². The highest BCUT2D eigenvalue weighted by atomic mass is 15.2. The third kappa shape index (κ3) is 5.60. The molecular weight excluding hydrogens is 456 g/mol. The molecule has 0 unspecified atom stereocenters. The number of hydrogen-bond acceptors (Lipinski definition) is 6. The van der Waals surface area contributed by atoms with Crippen molar-refractivity contribution in [2.45, 2.75) is 56.9 Å². The minimum atomic E-state index is 0.555. The molecule has 0 spiro atoms. The number of nitrogens with one attached hydrogen (secondary N) is 1. The second-order valence-electron chi connectivity index (χ2n) is 11.5. The summed E-state index contributed by atoms with van der Waals surface area (Å²) in [5.41, 5.74) is 5.27. The average molecular weight is 499 g/mol. The van der Waals surface area contributed by atoms with Crippen molar-refractivity contribution < 1.29 is 0 Å². The van der Waals surface area contributed by atoms with Gasteiger partial charge in [-0.05, 0) is 86.9 Å². The molecule has 3 aliphatic rings. The minimum Gasteiger partial charge on any atom is -0.377 e. The molecule has 1 saturated carbocycles. The van der Waals surface area contributed by atoms with Crippen LogP contribution in [0.3, 0.4) is 0 Å². The maximum absolute atomic E-state index is 5.20. The predicted molar refractivity (Wildman–Crippen MR) is 154 cm³/mol. The maximum Gasteiger partial charge on any atom is 0.140 e. The number of hydrogen-bond donors (Lipinski definition) is 1. The Labute approximate surface area is 222 Å². The van der Waals surface area contributed by atoms with Gasteiger partial charge in [0.25, 0.3) is 0 Å². The molecule has 0 amide bonds. The van der Waals surface area contributed by atoms with Crippen LogP contribution in [0.2, 0.25) is 0 Å². The van der Waals surface area contributed by atoms with Gasteiger partial charge in [-0.15, -0.1) is 0 Å². The number of nitrogens with zero attached hydrogens (tertiary/aromatic N) is 5. The minimum absolute atomic E-state index is 0.555. The number of benzene rings is 2. The molecule has 2 aliphatic heterocycles. The van der Waals surface area contributed by atoms with Crippen LogP contribution in [0.5, 0.6) is 0 Å². The van der Waals surface area contributed by atoms with Crippen LogP contribution >= 0.6 is 0 Å². The molecule has 3 fully saturated rings. The van der Waals surface area contributed by atoms with Crippen LogP contribution in [0.25, 0.3) is 10.9 Å². The highest BCUT2D eigenvalue weighted by Crippen LogP contribution is 2.41. The molecule has 1 N–H and O–H groups in total. The van der Waals surface area contributed by atoms with E-state index in [9.17, 15) is 0 Å². The normalized spacial score (nSPS) is 19.1. The van der Waals surface area contributed by atoms with E-state index in [1.165, 1.54) is 61.0 Å². The Morgan fingerprint density at radius 3 is 2.43 bits per heavy atom. The Morgan fingerprint density at radius 2 is 1.68 bits per heavy atom. The van der Waals surface area contributed by atoms with Crippen LogP contribution in [0.1, 0.15) is 67.3 Å². The fourth-order valence-corrected chi connectivity index (χ4v) is 6.17. The zero-order chi connectivity index (χ0) is 25.2. The monoisotopic (exact) mass is 498 g/mol. The van der Waals surface area contributed by atoms with Crippen molar-refractivity contribution in [3.8, 4) is 0 Å². The first kappa shape index (κ1) is 24.6. The lowest BCUT2D eigenvalue weighted by atomic mass is 9.88. The number of piperidine rings is 1. The van der Waals surface area contributed by atoms with Crippen molar-refractivity contribution in [1.82, 2.24) is 20.2 Å². The highest BCUT2D eigenvalue weighted by Gasteiger charge is 2.30. The molecule has 196 valence electrons. The van der Waals surface area contributed by atoms with E-state index in [-0.39, 0.29) is 0 Å². The van der Waals surface area contributed by atoms with Crippen LogP contribution < -0.4 is 15.1 Å². The van der Waals surface area contributed by atoms with Gasteiger partial charge in [-0.3, -0.25) is 0 Å². The van der Waals surface area contributed by atoms with Gasteiger partial charge in [-0.25, -0.2) is 9.97 Å². The Kier molecular flexibility index (Phi) is 7.30. The van der Waals surface area contributed by atoms with E-state index in [0.29, 0.717) is 11.8 Å². The Balaban J connectivity index is 1.19. The molecule has 3 aromatic rings. The van der Waals surface area contributed by atoms with E-state index in [4.69, 9.17) is 9.97 Å². The summed E-state index contributed by atoms with van der Waals surface area (Å²) in [5, 5.41) is 4.89. The number of para-hydroxylation sites is 1. The van der Waals surface area contributed by atoms with E-state index < -0.39 is 0 Å². The second-order valence-corrected chi connectivity index (χ2v) is 11.5. The summed E-state index contributed by atoms with van der Waals surface area (Å²) in [4.78, 5) is 17.6. The van der Waals surface area contributed by atoms with Gasteiger partial charge in [0.1, 0.15) is 11.6 Å². The van der Waals surface area contributed by atoms with Crippen LogP contribution in [-0.2, 0) is 6.54 Å². The molecule has 6 rings (SSSR count). The first-order valence-corrected chi connectivity index (χ1v) is 14.4. The van der Waals surface area contributed by atoms with Crippen LogP contribution in [0.4, 0.5) is 11.5 Å². The fraction of sp³-hybridized carbons (Fsp3) is 0.548. The lowest BCUT2D eigenvalue weighted by molar-refractivity contribution is 0.335. The number of fused-ring (bicyclic) bond motifs is 1. The molecule has 6 heteroatoms. The number of anilines is 2. The van der Waals surface area contributed by atoms with E-state index in [2.05, 4.69) is 76.6 Å². The molecule has 1 aromatic heterocycles. The summed E-state index contributed by atoms with van der Waals surface area (Å²) in [7, 11) is 4.30. The molecule has 3 heterocycles. The molecule has 0 atom stereocenters. The molecule has 2 aromatic carbocycles. The largest absolute Gasteiger partial charge is 0.377 e. The summed E-state index contributed by atoms with van der Waals surface area (Å²) in [6, 6.07) is 15.7. The third-order valence-electron chi connectivity index (χ3n) is 8.49. The van der Waals surface area contributed by atoms with Crippen LogP contribution in [0, 0.1) is 0 Å². The summed E-state index contributed by atoms with van der Waals surface area (Å²) in [6.07, 6.45) is 7.49. The van der Waals surface area contributed by atoms with Crippen molar-refractivity contribution in [3.63, 3.8) is 0 Å². The molecule has 37 heavy (non-hydrogen) atoms. The van der Waals surface area contributed by atoms with Gasteiger partial charge in [-0.2, -0.15) is 0 Å². The molecule has 1 aliphatic carbocycles. The van der Waals surface area contributed by atoms with E-state index >= 15 is 0 Å². The first-order valence-electron chi connectivity index (χ1n) is 14.4. The Bertz CT molecular complexity index is 1210. The number of rotatable bonds is 9. The van der Waals surface area contributed by atoms with Crippen LogP contribution in [-0.4, -0.2) is 68.2 Å². The van der Waals surface area contributed by atoms with Crippen molar-refractivity contribution in [1.29, 1.82) is 0 Å². The Morgan fingerprint density at radius 1 is 0.892 bits per heavy atom. The molecular formula is C31H42N6.